The zero-order valence-electron chi connectivity index (χ0n) is 14.5. The number of hydrogen-bond acceptors (Lipinski definition) is 4. The monoisotopic (exact) mass is 347 g/mol. The van der Waals surface area contributed by atoms with E-state index >= 15 is 0 Å². The summed E-state index contributed by atoms with van der Waals surface area (Å²) in [5.74, 6) is 0.950. The standard InChI is InChI=1S/C20H21N5O/c26-20(18-10-4-5-13-21-18)24-14-6-9-17(24)11-12-19-23-22-15-25(19)16-7-2-1-3-8-16/h1-5,7-8,10,13,15,17H,6,9,11-12,14H2. The van der Waals surface area contributed by atoms with Crippen LogP contribution < -0.4 is 0 Å². The Labute approximate surface area is 152 Å². The van der Waals surface area contributed by atoms with Crippen LogP contribution in [0.15, 0.2) is 61.1 Å². The second-order valence-electron chi connectivity index (χ2n) is 6.50. The first-order valence-electron chi connectivity index (χ1n) is 8.99. The van der Waals surface area contributed by atoms with Crippen molar-refractivity contribution in [2.24, 2.45) is 0 Å². The summed E-state index contributed by atoms with van der Waals surface area (Å²) in [5, 5.41) is 8.35. The predicted octanol–water partition coefficient (Wildman–Crippen LogP) is 2.90. The number of carbonyl (C=O) groups is 1. The second-order valence-corrected chi connectivity index (χ2v) is 6.50. The van der Waals surface area contributed by atoms with Crippen LogP contribution in [0, 0.1) is 0 Å². The molecule has 6 heteroatoms. The van der Waals surface area contributed by atoms with Gasteiger partial charge in [-0.3, -0.25) is 14.3 Å². The van der Waals surface area contributed by atoms with Crippen molar-refractivity contribution in [2.75, 3.05) is 6.54 Å². The largest absolute Gasteiger partial charge is 0.334 e. The van der Waals surface area contributed by atoms with Gasteiger partial charge >= 0.3 is 0 Å². The number of nitrogens with zero attached hydrogens (tertiary/aromatic N) is 5. The van der Waals surface area contributed by atoms with Crippen molar-refractivity contribution < 1.29 is 4.79 Å². The van der Waals surface area contributed by atoms with E-state index in [4.69, 9.17) is 0 Å². The number of likely N-dealkylation sites (tertiary alicyclic amines) is 1. The number of aryl methyl sites for hydroxylation is 1. The highest BCUT2D eigenvalue weighted by Gasteiger charge is 2.30. The average Bonchev–Trinajstić information content (AvgIpc) is 3.36. The Hall–Kier alpha value is -3.02. The Morgan fingerprint density at radius 2 is 1.96 bits per heavy atom. The van der Waals surface area contributed by atoms with Gasteiger partial charge in [-0.2, -0.15) is 0 Å². The summed E-state index contributed by atoms with van der Waals surface area (Å²) in [6, 6.07) is 15.8. The number of rotatable bonds is 5. The summed E-state index contributed by atoms with van der Waals surface area (Å²) in [5.41, 5.74) is 1.58. The third kappa shape index (κ3) is 3.35. The lowest BCUT2D eigenvalue weighted by Gasteiger charge is -2.24. The molecule has 6 nitrogen and oxygen atoms in total. The van der Waals surface area contributed by atoms with Crippen molar-refractivity contribution in [3.05, 3.63) is 72.6 Å². The molecule has 132 valence electrons. The average molecular weight is 347 g/mol. The summed E-state index contributed by atoms with van der Waals surface area (Å²) in [7, 11) is 0. The Balaban J connectivity index is 1.45. The molecule has 3 aromatic rings. The molecule has 0 saturated carbocycles. The van der Waals surface area contributed by atoms with E-state index in [9.17, 15) is 4.79 Å². The van der Waals surface area contributed by atoms with Crippen molar-refractivity contribution in [3.8, 4) is 5.69 Å². The molecule has 1 saturated heterocycles. The molecule has 1 unspecified atom stereocenters. The molecule has 3 heterocycles. The fraction of sp³-hybridized carbons (Fsp3) is 0.300. The lowest BCUT2D eigenvalue weighted by Crippen LogP contribution is -2.36. The lowest BCUT2D eigenvalue weighted by molar-refractivity contribution is 0.0724. The number of benzene rings is 1. The van der Waals surface area contributed by atoms with Crippen LogP contribution in [0.25, 0.3) is 5.69 Å². The summed E-state index contributed by atoms with van der Waals surface area (Å²) < 4.78 is 2.01. The summed E-state index contributed by atoms with van der Waals surface area (Å²) in [6.45, 7) is 0.797. The van der Waals surface area contributed by atoms with Gasteiger partial charge in [0.05, 0.1) is 0 Å². The third-order valence-electron chi connectivity index (χ3n) is 4.88. The van der Waals surface area contributed by atoms with Crippen molar-refractivity contribution >= 4 is 5.91 Å². The normalized spacial score (nSPS) is 16.8. The van der Waals surface area contributed by atoms with Crippen molar-refractivity contribution in [1.82, 2.24) is 24.6 Å². The quantitative estimate of drug-likeness (QED) is 0.712. The Morgan fingerprint density at radius 1 is 1.12 bits per heavy atom. The zero-order chi connectivity index (χ0) is 17.8. The van der Waals surface area contributed by atoms with Gasteiger partial charge in [-0.1, -0.05) is 24.3 Å². The molecule has 1 aromatic carbocycles. The van der Waals surface area contributed by atoms with E-state index < -0.39 is 0 Å². The van der Waals surface area contributed by atoms with Gasteiger partial charge in [0.15, 0.2) is 0 Å². The maximum atomic E-state index is 12.7. The van der Waals surface area contributed by atoms with Crippen LogP contribution in [0.1, 0.15) is 35.6 Å². The number of carbonyl (C=O) groups excluding carboxylic acids is 1. The summed E-state index contributed by atoms with van der Waals surface area (Å²) in [6.07, 6.45) is 7.14. The number of pyridine rings is 1. The van der Waals surface area contributed by atoms with E-state index in [-0.39, 0.29) is 11.9 Å². The summed E-state index contributed by atoms with van der Waals surface area (Å²) in [4.78, 5) is 18.9. The molecule has 0 radical (unpaired) electrons. The number of para-hydroxylation sites is 1. The molecule has 1 amide bonds. The fourth-order valence-corrected chi connectivity index (χ4v) is 3.57. The SMILES string of the molecule is O=C(c1ccccn1)N1CCCC1CCc1nncn1-c1ccccc1. The van der Waals surface area contributed by atoms with E-state index in [0.717, 1.165) is 43.7 Å². The number of aromatic nitrogens is 4. The van der Waals surface area contributed by atoms with Crippen LogP contribution in [0.2, 0.25) is 0 Å². The molecule has 0 bridgehead atoms. The van der Waals surface area contributed by atoms with Crippen LogP contribution >= 0.6 is 0 Å². The fourth-order valence-electron chi connectivity index (χ4n) is 3.57. The van der Waals surface area contributed by atoms with Crippen molar-refractivity contribution in [1.29, 1.82) is 0 Å². The second kappa shape index (κ2) is 7.47. The Morgan fingerprint density at radius 3 is 2.77 bits per heavy atom. The highest BCUT2D eigenvalue weighted by molar-refractivity contribution is 5.92. The van der Waals surface area contributed by atoms with Crippen LogP contribution in [-0.4, -0.2) is 43.1 Å². The van der Waals surface area contributed by atoms with Gasteiger partial charge in [-0.15, -0.1) is 10.2 Å². The van der Waals surface area contributed by atoms with Gasteiger partial charge in [0, 0.05) is 30.9 Å². The number of hydrogen-bond donors (Lipinski definition) is 0. The van der Waals surface area contributed by atoms with Gasteiger partial charge < -0.3 is 4.90 Å². The predicted molar refractivity (Wildman–Crippen MR) is 98.0 cm³/mol. The van der Waals surface area contributed by atoms with Gasteiger partial charge in [0.1, 0.15) is 17.8 Å². The van der Waals surface area contributed by atoms with Crippen LogP contribution in [0.5, 0.6) is 0 Å². The molecule has 1 aliphatic rings. The van der Waals surface area contributed by atoms with Crippen LogP contribution in [0.3, 0.4) is 0 Å². The minimum atomic E-state index is 0.0256. The first-order valence-corrected chi connectivity index (χ1v) is 8.99. The van der Waals surface area contributed by atoms with Gasteiger partial charge in [0.25, 0.3) is 5.91 Å². The highest BCUT2D eigenvalue weighted by Crippen LogP contribution is 2.23. The van der Waals surface area contributed by atoms with Crippen LogP contribution in [0.4, 0.5) is 0 Å². The summed E-state index contributed by atoms with van der Waals surface area (Å²) >= 11 is 0. The number of amides is 1. The van der Waals surface area contributed by atoms with Crippen molar-refractivity contribution in [3.63, 3.8) is 0 Å². The molecule has 0 N–H and O–H groups in total. The molecule has 2 aromatic heterocycles. The molecule has 1 atom stereocenters. The maximum absolute atomic E-state index is 12.7. The smallest absolute Gasteiger partial charge is 0.272 e. The van der Waals surface area contributed by atoms with Gasteiger partial charge in [-0.25, -0.2) is 0 Å². The third-order valence-corrected chi connectivity index (χ3v) is 4.88. The van der Waals surface area contributed by atoms with E-state index in [0.29, 0.717) is 5.69 Å². The Kier molecular flexibility index (Phi) is 4.73. The van der Waals surface area contributed by atoms with Gasteiger partial charge in [0.2, 0.25) is 0 Å². The first-order chi connectivity index (χ1) is 12.8. The van der Waals surface area contributed by atoms with E-state index in [1.165, 1.54) is 0 Å². The lowest BCUT2D eigenvalue weighted by atomic mass is 10.1. The minimum absolute atomic E-state index is 0.0256. The molecule has 0 spiro atoms. The van der Waals surface area contributed by atoms with E-state index in [1.807, 2.05) is 51.9 Å². The van der Waals surface area contributed by atoms with Crippen molar-refractivity contribution in [2.45, 2.75) is 31.7 Å². The maximum Gasteiger partial charge on any atom is 0.272 e. The van der Waals surface area contributed by atoms with Crippen LogP contribution in [-0.2, 0) is 6.42 Å². The molecular weight excluding hydrogens is 326 g/mol. The van der Waals surface area contributed by atoms with E-state index in [1.54, 1.807) is 18.6 Å². The topological polar surface area (TPSA) is 63.9 Å². The minimum Gasteiger partial charge on any atom is -0.334 e. The first kappa shape index (κ1) is 16.4. The molecule has 1 aliphatic heterocycles. The Bertz CT molecular complexity index is 862. The molecule has 26 heavy (non-hydrogen) atoms. The zero-order valence-corrected chi connectivity index (χ0v) is 14.5. The molecule has 4 rings (SSSR count). The highest BCUT2D eigenvalue weighted by atomic mass is 16.2. The molecule has 0 aliphatic carbocycles. The van der Waals surface area contributed by atoms with Gasteiger partial charge in [-0.05, 0) is 43.5 Å². The van der Waals surface area contributed by atoms with E-state index in [2.05, 4.69) is 15.2 Å². The molecule has 1 fully saturated rings. The molecular formula is C20H21N5O.